The Hall–Kier alpha value is -4.88. The van der Waals surface area contributed by atoms with E-state index in [-0.39, 0.29) is 60.5 Å². The molecule has 2 atom stereocenters. The van der Waals surface area contributed by atoms with E-state index in [0.29, 0.717) is 23.7 Å². The maximum Gasteiger partial charge on any atom is 0.302 e. The zero-order valence-corrected chi connectivity index (χ0v) is 25.5. The summed E-state index contributed by atoms with van der Waals surface area (Å²) < 4.78 is 28.6. The second-order valence-corrected chi connectivity index (χ2v) is 12.1. The van der Waals surface area contributed by atoms with Crippen molar-refractivity contribution in [1.29, 1.82) is 0 Å². The number of imidazole rings is 1. The summed E-state index contributed by atoms with van der Waals surface area (Å²) in [6, 6.07) is 13.3. The monoisotopic (exact) mass is 630 g/mol. The molecule has 3 aromatic heterocycles. The van der Waals surface area contributed by atoms with Gasteiger partial charge in [-0.15, -0.1) is 11.3 Å². The first kappa shape index (κ1) is 30.2. The van der Waals surface area contributed by atoms with Gasteiger partial charge in [0.2, 0.25) is 23.3 Å². The van der Waals surface area contributed by atoms with Crippen molar-refractivity contribution in [3.05, 3.63) is 105 Å². The van der Waals surface area contributed by atoms with E-state index in [0.717, 1.165) is 16.5 Å². The molecule has 0 radical (unpaired) electrons. The highest BCUT2D eigenvalue weighted by Gasteiger charge is 2.27. The Kier molecular flexibility index (Phi) is 8.46. The number of hydrogen-bond donors (Lipinski definition) is 1. The molecule has 0 bridgehead atoms. The molecule has 5 aromatic rings. The maximum absolute atomic E-state index is 13.8. The SMILES string of the molecule is C[C@@H]1CN(C(=O)Cn2ccn3c(=O)c(OCc4ccccc4)c(-c4ncc(Cc5ccc(F)cc5C(N)=O)s4)nc23)C[C@H](C)O1. The molecule has 0 spiro atoms. The Morgan fingerprint density at radius 2 is 1.87 bits per heavy atom. The van der Waals surface area contributed by atoms with E-state index in [1.165, 1.54) is 27.9 Å². The van der Waals surface area contributed by atoms with Gasteiger partial charge in [0.05, 0.1) is 12.2 Å². The summed E-state index contributed by atoms with van der Waals surface area (Å²) in [5.74, 6) is -1.14. The molecule has 0 unspecified atom stereocenters. The molecule has 1 saturated heterocycles. The van der Waals surface area contributed by atoms with E-state index in [1.807, 2.05) is 44.2 Å². The first-order valence-corrected chi connectivity index (χ1v) is 15.2. The normalized spacial score (nSPS) is 16.6. The Morgan fingerprint density at radius 1 is 1.11 bits per heavy atom. The van der Waals surface area contributed by atoms with Gasteiger partial charge < -0.3 is 24.7 Å². The number of aromatic nitrogens is 4. The number of halogens is 1. The van der Waals surface area contributed by atoms with Gasteiger partial charge in [-0.25, -0.2) is 18.8 Å². The van der Waals surface area contributed by atoms with Crippen LogP contribution >= 0.6 is 11.3 Å². The number of ether oxygens (including phenoxy) is 2. The summed E-state index contributed by atoms with van der Waals surface area (Å²) >= 11 is 1.26. The number of rotatable bonds is 9. The number of nitrogens with two attached hydrogens (primary N) is 1. The van der Waals surface area contributed by atoms with Gasteiger partial charge in [-0.05, 0) is 37.1 Å². The van der Waals surface area contributed by atoms with E-state index in [4.69, 9.17) is 20.2 Å². The van der Waals surface area contributed by atoms with Crippen LogP contribution in [0.5, 0.6) is 5.75 Å². The Balaban J connectivity index is 1.37. The summed E-state index contributed by atoms with van der Waals surface area (Å²) in [6.45, 7) is 4.92. The smallest absolute Gasteiger partial charge is 0.302 e. The lowest BCUT2D eigenvalue weighted by atomic mass is 10.0. The number of benzene rings is 2. The molecule has 45 heavy (non-hydrogen) atoms. The molecule has 2 N–H and O–H groups in total. The second-order valence-electron chi connectivity index (χ2n) is 11.0. The van der Waals surface area contributed by atoms with Crippen molar-refractivity contribution in [1.82, 2.24) is 23.8 Å². The molecule has 232 valence electrons. The molecule has 1 aliphatic heterocycles. The first-order valence-electron chi connectivity index (χ1n) is 14.4. The predicted molar refractivity (Wildman–Crippen MR) is 166 cm³/mol. The van der Waals surface area contributed by atoms with Gasteiger partial charge in [0.25, 0.3) is 0 Å². The van der Waals surface area contributed by atoms with Gasteiger partial charge >= 0.3 is 5.56 Å². The zero-order valence-electron chi connectivity index (χ0n) is 24.7. The van der Waals surface area contributed by atoms with Crippen LogP contribution in [0, 0.1) is 5.82 Å². The van der Waals surface area contributed by atoms with Gasteiger partial charge in [-0.3, -0.25) is 14.4 Å². The molecule has 13 heteroatoms. The molecule has 1 aliphatic rings. The van der Waals surface area contributed by atoms with Crippen LogP contribution in [0.1, 0.15) is 40.2 Å². The number of hydrogen-bond acceptors (Lipinski definition) is 8. The van der Waals surface area contributed by atoms with Crippen LogP contribution in [-0.2, 0) is 29.1 Å². The van der Waals surface area contributed by atoms with E-state index < -0.39 is 17.3 Å². The highest BCUT2D eigenvalue weighted by molar-refractivity contribution is 7.15. The first-order chi connectivity index (χ1) is 21.7. The minimum absolute atomic E-state index is 0.0109. The lowest BCUT2D eigenvalue weighted by molar-refractivity contribution is -0.143. The average Bonchev–Trinajstić information content (AvgIpc) is 3.64. The Bertz CT molecular complexity index is 1930. The molecular weight excluding hydrogens is 599 g/mol. The Labute approximate surface area is 261 Å². The van der Waals surface area contributed by atoms with Crippen LogP contribution in [0.4, 0.5) is 4.39 Å². The van der Waals surface area contributed by atoms with Crippen LogP contribution in [0.2, 0.25) is 0 Å². The molecule has 2 aromatic carbocycles. The number of primary amides is 1. The summed E-state index contributed by atoms with van der Waals surface area (Å²) in [6.07, 6.45) is 4.93. The third-order valence-electron chi connectivity index (χ3n) is 7.47. The highest BCUT2D eigenvalue weighted by Crippen LogP contribution is 2.32. The molecule has 0 aliphatic carbocycles. The van der Waals surface area contributed by atoms with Crippen LogP contribution in [0.3, 0.4) is 0 Å². The van der Waals surface area contributed by atoms with Crippen molar-refractivity contribution < 1.29 is 23.5 Å². The number of nitrogens with zero attached hydrogens (tertiary/aromatic N) is 5. The topological polar surface area (TPSA) is 134 Å². The van der Waals surface area contributed by atoms with Gasteiger partial charge in [-0.1, -0.05) is 36.4 Å². The van der Waals surface area contributed by atoms with Gasteiger partial charge in [0.15, 0.2) is 5.69 Å². The fourth-order valence-corrected chi connectivity index (χ4v) is 6.35. The molecule has 0 saturated carbocycles. The van der Waals surface area contributed by atoms with Crippen molar-refractivity contribution >= 4 is 28.9 Å². The number of carbonyl (C=O) groups is 2. The van der Waals surface area contributed by atoms with E-state index in [2.05, 4.69) is 4.98 Å². The molecule has 11 nitrogen and oxygen atoms in total. The van der Waals surface area contributed by atoms with Crippen LogP contribution in [0.25, 0.3) is 16.5 Å². The number of carbonyl (C=O) groups excluding carboxylic acids is 2. The van der Waals surface area contributed by atoms with Crippen molar-refractivity contribution in [3.63, 3.8) is 0 Å². The third-order valence-corrected chi connectivity index (χ3v) is 8.47. The van der Waals surface area contributed by atoms with Crippen molar-refractivity contribution in [2.24, 2.45) is 5.73 Å². The van der Waals surface area contributed by atoms with E-state index in [9.17, 15) is 18.8 Å². The van der Waals surface area contributed by atoms with Crippen molar-refractivity contribution in [2.45, 2.75) is 45.6 Å². The summed E-state index contributed by atoms with van der Waals surface area (Å²) in [5, 5.41) is 0.408. The molecular formula is C32H31FN6O5S. The Morgan fingerprint density at radius 3 is 2.60 bits per heavy atom. The average molecular weight is 631 g/mol. The van der Waals surface area contributed by atoms with Gasteiger partial charge in [-0.2, -0.15) is 0 Å². The number of morpholine rings is 1. The van der Waals surface area contributed by atoms with Crippen LogP contribution in [0.15, 0.2) is 71.9 Å². The highest BCUT2D eigenvalue weighted by atomic mass is 32.1. The lowest BCUT2D eigenvalue weighted by Crippen LogP contribution is -2.49. The minimum atomic E-state index is -0.734. The molecule has 4 heterocycles. The van der Waals surface area contributed by atoms with E-state index in [1.54, 1.807) is 28.1 Å². The molecule has 1 fully saturated rings. The fourth-order valence-electron chi connectivity index (χ4n) is 5.43. The van der Waals surface area contributed by atoms with Crippen molar-refractivity contribution in [2.75, 3.05) is 13.1 Å². The second kappa shape index (κ2) is 12.6. The standard InChI is InChI=1S/C32H31FN6O5S/c1-19-15-38(16-20(2)44-19)26(40)17-37-10-11-39-31(42)28(43-18-21-6-4-3-5-7-21)27(36-32(37)39)30-35-14-24(45-30)12-22-8-9-23(33)13-25(22)29(34)41/h3-11,13-14,19-20H,12,15-18H2,1-2H3,(H2,34,41)/t19-,20+. The van der Waals surface area contributed by atoms with Crippen molar-refractivity contribution in [3.8, 4) is 16.5 Å². The quantitative estimate of drug-likeness (QED) is 0.263. The number of thiazole rings is 1. The maximum atomic E-state index is 13.8. The van der Waals surface area contributed by atoms with Gasteiger partial charge in [0.1, 0.15) is 24.0 Å². The lowest BCUT2D eigenvalue weighted by Gasteiger charge is -2.35. The number of fused-ring (bicyclic) bond motifs is 1. The van der Waals surface area contributed by atoms with Crippen LogP contribution in [-0.4, -0.2) is 60.9 Å². The van der Waals surface area contributed by atoms with Crippen LogP contribution < -0.4 is 16.0 Å². The number of amides is 2. The molecule has 2 amide bonds. The minimum Gasteiger partial charge on any atom is -0.481 e. The van der Waals surface area contributed by atoms with E-state index >= 15 is 0 Å². The largest absolute Gasteiger partial charge is 0.481 e. The third kappa shape index (κ3) is 6.49. The fraction of sp³-hybridized carbons (Fsp3) is 0.281. The summed E-state index contributed by atoms with van der Waals surface area (Å²) in [5.41, 5.74) is 6.75. The molecule has 6 rings (SSSR count). The summed E-state index contributed by atoms with van der Waals surface area (Å²) in [4.78, 5) is 50.9. The van der Waals surface area contributed by atoms with Gasteiger partial charge in [0, 0.05) is 48.5 Å². The summed E-state index contributed by atoms with van der Waals surface area (Å²) in [7, 11) is 0. The predicted octanol–water partition coefficient (Wildman–Crippen LogP) is 3.66. The zero-order chi connectivity index (χ0) is 31.7.